The first-order chi connectivity index (χ1) is 17.4. The molecule has 3 aromatic rings. The number of methoxy groups -OCH3 is 1. The maximum absolute atomic E-state index is 11.8. The van der Waals surface area contributed by atoms with Gasteiger partial charge in [0.15, 0.2) is 17.2 Å². The van der Waals surface area contributed by atoms with Crippen LogP contribution in [0.4, 0.5) is 13.2 Å². The van der Waals surface area contributed by atoms with Crippen LogP contribution in [0.25, 0.3) is 0 Å². The van der Waals surface area contributed by atoms with Crippen LogP contribution >= 0.6 is 0 Å². The molecular formula is C26H29F3N2O6. The summed E-state index contributed by atoms with van der Waals surface area (Å²) in [5.41, 5.74) is 5.18. The van der Waals surface area contributed by atoms with Crippen molar-refractivity contribution >= 4 is 11.9 Å². The predicted molar refractivity (Wildman–Crippen MR) is 130 cm³/mol. The summed E-state index contributed by atoms with van der Waals surface area (Å²) in [6.07, 6.45) is -1.80. The number of esters is 1. The van der Waals surface area contributed by atoms with Crippen molar-refractivity contribution in [1.29, 1.82) is 0 Å². The molecule has 1 heterocycles. The highest BCUT2D eigenvalue weighted by molar-refractivity contribution is 5.94. The van der Waals surface area contributed by atoms with Crippen LogP contribution in [-0.4, -0.2) is 40.3 Å². The Labute approximate surface area is 212 Å². The molecule has 0 aliphatic carbocycles. The summed E-state index contributed by atoms with van der Waals surface area (Å²) < 4.78 is 45.4. The number of nitrogens with zero attached hydrogens (tertiary/aromatic N) is 1. The van der Waals surface area contributed by atoms with Gasteiger partial charge in [-0.3, -0.25) is 9.59 Å². The SMILES string of the molecule is CCC(=O)OC(C)Cc1ccccc1.COc1ccnc(C(N)=O)c1O.Oc1ccc(C(F)(F)F)cc1. The summed E-state index contributed by atoms with van der Waals surface area (Å²) >= 11 is 0. The number of carbonyl (C=O) groups excluding carboxylic acids is 2. The van der Waals surface area contributed by atoms with E-state index in [9.17, 15) is 27.9 Å². The van der Waals surface area contributed by atoms with Gasteiger partial charge in [-0.1, -0.05) is 37.3 Å². The predicted octanol–water partition coefficient (Wildman–Crippen LogP) is 4.88. The topological polar surface area (TPSA) is 132 Å². The quantitative estimate of drug-likeness (QED) is 0.393. The minimum absolute atomic E-state index is 0.0372. The first-order valence-electron chi connectivity index (χ1n) is 11.0. The molecule has 3 rings (SSSR count). The number of aromatic hydroxyl groups is 2. The molecule has 4 N–H and O–H groups in total. The largest absolute Gasteiger partial charge is 0.508 e. The van der Waals surface area contributed by atoms with Gasteiger partial charge in [-0.25, -0.2) is 4.98 Å². The van der Waals surface area contributed by atoms with E-state index in [-0.39, 0.29) is 35.0 Å². The number of nitrogens with two attached hydrogens (primary N) is 1. The minimum atomic E-state index is -4.33. The second-order valence-electron chi connectivity index (χ2n) is 7.46. The number of carbonyl (C=O) groups is 2. The van der Waals surface area contributed by atoms with Gasteiger partial charge >= 0.3 is 12.1 Å². The van der Waals surface area contributed by atoms with Crippen molar-refractivity contribution in [3.8, 4) is 17.2 Å². The van der Waals surface area contributed by atoms with E-state index >= 15 is 0 Å². The van der Waals surface area contributed by atoms with Crippen LogP contribution in [0.5, 0.6) is 17.2 Å². The first kappa shape index (κ1) is 30.8. The number of hydrogen-bond donors (Lipinski definition) is 3. The smallest absolute Gasteiger partial charge is 0.416 e. The van der Waals surface area contributed by atoms with E-state index in [0.717, 1.165) is 30.7 Å². The Morgan fingerprint density at radius 1 is 1.03 bits per heavy atom. The Morgan fingerprint density at radius 2 is 1.62 bits per heavy atom. The van der Waals surface area contributed by atoms with Gasteiger partial charge in [-0.15, -0.1) is 0 Å². The number of halogens is 3. The van der Waals surface area contributed by atoms with Gasteiger partial charge in [0.2, 0.25) is 0 Å². The van der Waals surface area contributed by atoms with Crippen LogP contribution in [0.2, 0.25) is 0 Å². The van der Waals surface area contributed by atoms with E-state index in [2.05, 4.69) is 4.98 Å². The summed E-state index contributed by atoms with van der Waals surface area (Å²) in [5, 5.41) is 17.9. The number of aromatic nitrogens is 1. The normalized spacial score (nSPS) is 11.1. The molecule has 0 spiro atoms. The molecule has 0 radical (unpaired) electrons. The molecule has 0 bridgehead atoms. The third-order valence-electron chi connectivity index (χ3n) is 4.52. The van der Waals surface area contributed by atoms with Gasteiger partial charge in [-0.2, -0.15) is 13.2 Å². The number of hydrogen-bond acceptors (Lipinski definition) is 7. The van der Waals surface area contributed by atoms with Crippen LogP contribution < -0.4 is 10.5 Å². The van der Waals surface area contributed by atoms with Crippen molar-refractivity contribution in [2.24, 2.45) is 5.73 Å². The van der Waals surface area contributed by atoms with E-state index in [1.165, 1.54) is 24.9 Å². The lowest BCUT2D eigenvalue weighted by molar-refractivity contribution is -0.147. The number of rotatable bonds is 6. The summed E-state index contributed by atoms with van der Waals surface area (Å²) in [6.45, 7) is 3.72. The Kier molecular flexibility index (Phi) is 12.4. The summed E-state index contributed by atoms with van der Waals surface area (Å²) in [4.78, 5) is 25.2. The number of primary amides is 1. The highest BCUT2D eigenvalue weighted by atomic mass is 19.4. The Bertz CT molecular complexity index is 1120. The first-order valence-corrected chi connectivity index (χ1v) is 11.0. The zero-order valence-electron chi connectivity index (χ0n) is 20.5. The lowest BCUT2D eigenvalue weighted by atomic mass is 10.1. The van der Waals surface area contributed by atoms with Crippen molar-refractivity contribution in [3.05, 3.63) is 83.7 Å². The average Bonchev–Trinajstić information content (AvgIpc) is 2.85. The van der Waals surface area contributed by atoms with Crippen molar-refractivity contribution in [3.63, 3.8) is 0 Å². The van der Waals surface area contributed by atoms with Gasteiger partial charge in [0.05, 0.1) is 12.7 Å². The third kappa shape index (κ3) is 11.3. The van der Waals surface area contributed by atoms with Crippen LogP contribution in [0.1, 0.15) is 41.9 Å². The molecule has 8 nitrogen and oxygen atoms in total. The Balaban J connectivity index is 0.000000280. The van der Waals surface area contributed by atoms with Crippen molar-refractivity contribution in [1.82, 2.24) is 4.98 Å². The lowest BCUT2D eigenvalue weighted by Crippen LogP contribution is -2.16. The van der Waals surface area contributed by atoms with Gasteiger partial charge < -0.3 is 25.4 Å². The monoisotopic (exact) mass is 522 g/mol. The van der Waals surface area contributed by atoms with E-state index in [4.69, 9.17) is 20.3 Å². The van der Waals surface area contributed by atoms with E-state index in [1.807, 2.05) is 37.3 Å². The van der Waals surface area contributed by atoms with Gasteiger partial charge in [-0.05, 0) is 36.8 Å². The maximum Gasteiger partial charge on any atom is 0.416 e. The molecule has 1 atom stereocenters. The van der Waals surface area contributed by atoms with Gasteiger partial charge in [0, 0.05) is 25.1 Å². The fourth-order valence-corrected chi connectivity index (χ4v) is 2.73. The summed E-state index contributed by atoms with van der Waals surface area (Å²) in [6, 6.07) is 15.1. The molecule has 1 aromatic heterocycles. The zero-order chi connectivity index (χ0) is 28.0. The second kappa shape index (κ2) is 15.0. The van der Waals surface area contributed by atoms with Gasteiger partial charge in [0.1, 0.15) is 11.9 Å². The Hall–Kier alpha value is -4.28. The molecule has 0 fully saturated rings. The molecule has 1 amide bonds. The number of phenols is 1. The molecule has 0 saturated carbocycles. The van der Waals surface area contributed by atoms with Crippen molar-refractivity contribution in [2.45, 2.75) is 39.0 Å². The maximum atomic E-state index is 11.8. The van der Waals surface area contributed by atoms with E-state index in [0.29, 0.717) is 6.42 Å². The highest BCUT2D eigenvalue weighted by Crippen LogP contribution is 2.30. The number of phenolic OH excluding ortho intramolecular Hbond substituents is 1. The third-order valence-corrected chi connectivity index (χ3v) is 4.52. The van der Waals surface area contributed by atoms with Gasteiger partial charge in [0.25, 0.3) is 5.91 Å². The molecule has 11 heteroatoms. The second-order valence-corrected chi connectivity index (χ2v) is 7.46. The molecule has 1 unspecified atom stereocenters. The van der Waals surface area contributed by atoms with Crippen LogP contribution in [0, 0.1) is 0 Å². The number of benzene rings is 2. The number of ether oxygens (including phenoxy) is 2. The van der Waals surface area contributed by atoms with Crippen LogP contribution in [-0.2, 0) is 22.1 Å². The highest BCUT2D eigenvalue weighted by Gasteiger charge is 2.29. The summed E-state index contributed by atoms with van der Waals surface area (Å²) in [5.74, 6) is -1.23. The number of alkyl halides is 3. The molecule has 37 heavy (non-hydrogen) atoms. The summed E-state index contributed by atoms with van der Waals surface area (Å²) in [7, 11) is 1.37. The fourth-order valence-electron chi connectivity index (χ4n) is 2.73. The van der Waals surface area contributed by atoms with Crippen LogP contribution in [0.3, 0.4) is 0 Å². The standard InChI is InChI=1S/C12H16O2.C7H5F3O.C7H8N2O3/c1-3-12(13)14-10(2)9-11-7-5-4-6-8-11;8-7(9,10)5-1-3-6(11)4-2-5;1-12-4-2-3-9-5(6(4)10)7(8)11/h4-8,10H,3,9H2,1-2H3;1-4,11H;2-3,10H,1H3,(H2,8,11). The van der Waals surface area contributed by atoms with E-state index < -0.39 is 17.6 Å². The molecule has 0 aliphatic rings. The Morgan fingerprint density at radius 3 is 2.11 bits per heavy atom. The fraction of sp³-hybridized carbons (Fsp3) is 0.269. The van der Waals surface area contributed by atoms with E-state index in [1.54, 1.807) is 6.92 Å². The zero-order valence-corrected chi connectivity index (χ0v) is 20.5. The van der Waals surface area contributed by atoms with Crippen molar-refractivity contribution in [2.75, 3.05) is 7.11 Å². The average molecular weight is 523 g/mol. The van der Waals surface area contributed by atoms with Crippen LogP contribution in [0.15, 0.2) is 66.9 Å². The molecule has 200 valence electrons. The molecule has 0 aliphatic heterocycles. The minimum Gasteiger partial charge on any atom is -0.508 e. The lowest BCUT2D eigenvalue weighted by Gasteiger charge is -2.12. The number of amides is 1. The molecular weight excluding hydrogens is 493 g/mol. The molecule has 2 aromatic carbocycles. The van der Waals surface area contributed by atoms with Crippen molar-refractivity contribution < 1.29 is 42.4 Å². The number of pyridine rings is 1. The molecule has 0 saturated heterocycles.